The number of hydrogen-bond donors (Lipinski definition) is 1. The fraction of sp³-hybridized carbons (Fsp3) is 0.188. The third kappa shape index (κ3) is 2.00. The number of nitrogens with one attached hydrogen (secondary N) is 1. The zero-order valence-corrected chi connectivity index (χ0v) is 12.2. The van der Waals surface area contributed by atoms with E-state index < -0.39 is 0 Å². The molecule has 22 heavy (non-hydrogen) atoms. The van der Waals surface area contributed by atoms with Crippen LogP contribution in [0, 0.1) is 0 Å². The van der Waals surface area contributed by atoms with Crippen LogP contribution in [0.1, 0.15) is 12.5 Å². The number of rotatable bonds is 4. The summed E-state index contributed by atoms with van der Waals surface area (Å²) in [6.45, 7) is 3.67. The highest BCUT2D eigenvalue weighted by Gasteiger charge is 2.09. The number of tetrazole rings is 1. The van der Waals surface area contributed by atoms with Crippen LogP contribution in [0.15, 0.2) is 42.5 Å². The molecule has 2 aromatic carbocycles. The van der Waals surface area contributed by atoms with E-state index in [1.54, 1.807) is 0 Å². The minimum absolute atomic E-state index is 0.385. The first-order chi connectivity index (χ1) is 10.9. The molecule has 0 aliphatic heterocycles. The molecule has 2 heterocycles. The number of aromatic nitrogens is 5. The zero-order chi connectivity index (χ0) is 14.9. The smallest absolute Gasteiger partial charge is 0.0617 e. The highest BCUT2D eigenvalue weighted by molar-refractivity contribution is 6.08. The molecule has 4 rings (SSSR count). The summed E-state index contributed by atoms with van der Waals surface area (Å²) < 4.78 is 2.34. The van der Waals surface area contributed by atoms with Gasteiger partial charge >= 0.3 is 0 Å². The molecule has 0 unspecified atom stereocenters. The molecular weight excluding hydrogens is 276 g/mol. The van der Waals surface area contributed by atoms with Crippen LogP contribution in [0.3, 0.4) is 0 Å². The number of H-pyrrole nitrogens is 1. The van der Waals surface area contributed by atoms with E-state index in [1.807, 2.05) is 0 Å². The van der Waals surface area contributed by atoms with Gasteiger partial charge in [-0.1, -0.05) is 24.3 Å². The van der Waals surface area contributed by atoms with Crippen LogP contribution < -0.4 is 0 Å². The highest BCUT2D eigenvalue weighted by atomic mass is 15.5. The van der Waals surface area contributed by atoms with Crippen LogP contribution in [-0.2, 0) is 13.1 Å². The number of aryl methyl sites for hydroxylation is 1. The molecular formula is C16H15N6-. The summed E-state index contributed by atoms with van der Waals surface area (Å²) in [6.07, 6.45) is 0. The molecule has 1 N–H and O–H groups in total. The van der Waals surface area contributed by atoms with Crippen molar-refractivity contribution >= 4 is 27.8 Å². The lowest BCUT2D eigenvalue weighted by Gasteiger charge is -2.08. The Hall–Kier alpha value is -2.89. The predicted molar refractivity (Wildman–Crippen MR) is 86.0 cm³/mol. The number of hydrogen-bond acceptors (Lipinski definition) is 3. The topological polar surface area (TPSA) is 73.5 Å². The van der Waals surface area contributed by atoms with Gasteiger partial charge in [0.1, 0.15) is 0 Å². The van der Waals surface area contributed by atoms with Crippen molar-refractivity contribution in [2.24, 2.45) is 0 Å². The van der Waals surface area contributed by atoms with Gasteiger partial charge in [0.15, 0.2) is 0 Å². The molecule has 0 amide bonds. The van der Waals surface area contributed by atoms with Crippen LogP contribution in [-0.4, -0.2) is 25.2 Å². The lowest BCUT2D eigenvalue weighted by molar-refractivity contribution is 0.827. The lowest BCUT2D eigenvalue weighted by atomic mass is 10.1. The second-order valence-electron chi connectivity index (χ2n) is 5.14. The molecule has 0 saturated heterocycles. The number of benzene rings is 2. The fourth-order valence-corrected chi connectivity index (χ4v) is 2.93. The largest absolute Gasteiger partial charge is 0.386 e. The molecule has 0 bridgehead atoms. The quantitative estimate of drug-likeness (QED) is 0.625. The minimum atomic E-state index is 0.385. The Morgan fingerprint density at radius 1 is 1.09 bits per heavy atom. The molecule has 110 valence electrons. The Bertz CT molecular complexity index is 923. The lowest BCUT2D eigenvalue weighted by Crippen LogP contribution is -1.92. The second kappa shape index (κ2) is 5.14. The van der Waals surface area contributed by atoms with Gasteiger partial charge < -0.3 is 9.88 Å². The maximum absolute atomic E-state index is 4.33. The molecule has 0 spiro atoms. The van der Waals surface area contributed by atoms with Gasteiger partial charge in [0.25, 0.3) is 0 Å². The average Bonchev–Trinajstić information content (AvgIpc) is 3.18. The molecule has 2 aromatic heterocycles. The summed E-state index contributed by atoms with van der Waals surface area (Å²) in [5.74, 6) is 0.385. The SMILES string of the molecule is CCn1c2ccccc2c2cc(C[N-]c3nn[nH]n3)ccc21. The van der Waals surface area contributed by atoms with Crippen molar-refractivity contribution in [2.45, 2.75) is 20.0 Å². The van der Waals surface area contributed by atoms with Gasteiger partial charge in [-0.3, -0.25) is 15.4 Å². The molecule has 4 aromatic rings. The van der Waals surface area contributed by atoms with Crippen molar-refractivity contribution < 1.29 is 0 Å². The fourth-order valence-electron chi connectivity index (χ4n) is 2.93. The Labute approximate surface area is 127 Å². The third-order valence-electron chi connectivity index (χ3n) is 3.89. The first-order valence-electron chi connectivity index (χ1n) is 7.27. The molecule has 0 radical (unpaired) electrons. The third-order valence-corrected chi connectivity index (χ3v) is 3.89. The summed E-state index contributed by atoms with van der Waals surface area (Å²) in [7, 11) is 0. The average molecular weight is 291 g/mol. The Kier molecular flexibility index (Phi) is 3.00. The van der Waals surface area contributed by atoms with E-state index in [0.717, 1.165) is 12.1 Å². The van der Waals surface area contributed by atoms with Crippen molar-refractivity contribution in [1.29, 1.82) is 0 Å². The van der Waals surface area contributed by atoms with E-state index in [9.17, 15) is 0 Å². The van der Waals surface area contributed by atoms with Crippen molar-refractivity contribution in [3.05, 3.63) is 53.3 Å². The Morgan fingerprint density at radius 3 is 2.77 bits per heavy atom. The van der Waals surface area contributed by atoms with Gasteiger partial charge in [-0.05, 0) is 30.7 Å². The monoisotopic (exact) mass is 291 g/mol. The molecule has 0 fully saturated rings. The summed E-state index contributed by atoms with van der Waals surface area (Å²) in [5, 5.41) is 20.5. The molecule has 0 atom stereocenters. The van der Waals surface area contributed by atoms with Crippen LogP contribution in [0.4, 0.5) is 5.95 Å². The minimum Gasteiger partial charge on any atom is -0.386 e. The number of para-hydroxylation sites is 1. The van der Waals surface area contributed by atoms with E-state index >= 15 is 0 Å². The van der Waals surface area contributed by atoms with Crippen LogP contribution in [0.2, 0.25) is 0 Å². The molecule has 0 aliphatic carbocycles. The Balaban J connectivity index is 1.78. The number of fused-ring (bicyclic) bond motifs is 3. The summed E-state index contributed by atoms with van der Waals surface area (Å²) in [5.41, 5.74) is 3.66. The first kappa shape index (κ1) is 12.8. The standard InChI is InChI=1S/C16H15N6/c1-2-22-14-6-4-3-5-12(14)13-9-11(7-8-15(13)22)10-17-16-18-20-21-19-16/h3-9H,2,10H2,1H3,(H-,17,18,19,20,21)/q-1. The van der Waals surface area contributed by atoms with Crippen LogP contribution in [0.25, 0.3) is 27.1 Å². The van der Waals surface area contributed by atoms with E-state index in [1.165, 1.54) is 21.8 Å². The van der Waals surface area contributed by atoms with Crippen LogP contribution in [0.5, 0.6) is 0 Å². The highest BCUT2D eigenvalue weighted by Crippen LogP contribution is 2.30. The van der Waals surface area contributed by atoms with Gasteiger partial charge in [-0.15, -0.1) is 5.21 Å². The van der Waals surface area contributed by atoms with Crippen molar-refractivity contribution in [3.63, 3.8) is 0 Å². The Morgan fingerprint density at radius 2 is 1.95 bits per heavy atom. The van der Waals surface area contributed by atoms with E-state index in [-0.39, 0.29) is 0 Å². The normalized spacial score (nSPS) is 11.3. The van der Waals surface area contributed by atoms with Crippen molar-refractivity contribution in [3.8, 4) is 0 Å². The van der Waals surface area contributed by atoms with Crippen molar-refractivity contribution in [1.82, 2.24) is 25.2 Å². The van der Waals surface area contributed by atoms with E-state index in [4.69, 9.17) is 0 Å². The summed E-state index contributed by atoms with van der Waals surface area (Å²) >= 11 is 0. The molecule has 6 nitrogen and oxygen atoms in total. The van der Waals surface area contributed by atoms with E-state index in [2.05, 4.69) is 79.9 Å². The van der Waals surface area contributed by atoms with Crippen molar-refractivity contribution in [2.75, 3.05) is 0 Å². The molecule has 0 aliphatic rings. The van der Waals surface area contributed by atoms with Gasteiger partial charge in [0.05, 0.1) is 5.95 Å². The molecule has 0 saturated carbocycles. The second-order valence-corrected chi connectivity index (χ2v) is 5.14. The van der Waals surface area contributed by atoms with Crippen LogP contribution >= 0.6 is 0 Å². The maximum atomic E-state index is 4.33. The predicted octanol–water partition coefficient (Wildman–Crippen LogP) is 3.53. The van der Waals surface area contributed by atoms with Gasteiger partial charge in [0, 0.05) is 34.9 Å². The first-order valence-corrected chi connectivity index (χ1v) is 7.27. The van der Waals surface area contributed by atoms with E-state index in [0.29, 0.717) is 12.5 Å². The van der Waals surface area contributed by atoms with Gasteiger partial charge in [-0.25, -0.2) is 0 Å². The zero-order valence-electron chi connectivity index (χ0n) is 12.2. The number of nitrogens with zero attached hydrogens (tertiary/aromatic N) is 5. The maximum Gasteiger partial charge on any atom is 0.0617 e. The summed E-state index contributed by atoms with van der Waals surface area (Å²) in [4.78, 5) is 0. The summed E-state index contributed by atoms with van der Waals surface area (Å²) in [6, 6.07) is 15.0. The molecule has 6 heteroatoms. The van der Waals surface area contributed by atoms with Gasteiger partial charge in [-0.2, -0.15) is 0 Å². The number of aromatic amines is 1. The van der Waals surface area contributed by atoms with Gasteiger partial charge in [0.2, 0.25) is 0 Å².